The summed E-state index contributed by atoms with van der Waals surface area (Å²) in [5, 5.41) is 12.6. The van der Waals surface area contributed by atoms with Crippen molar-refractivity contribution < 1.29 is 9.90 Å². The molecule has 0 saturated heterocycles. The van der Waals surface area contributed by atoms with Gasteiger partial charge in [-0.3, -0.25) is 4.79 Å². The van der Waals surface area contributed by atoms with E-state index in [-0.39, 0.29) is 18.1 Å². The highest BCUT2D eigenvalue weighted by Crippen LogP contribution is 2.24. The molecule has 106 valence electrons. The van der Waals surface area contributed by atoms with Gasteiger partial charge in [0, 0.05) is 10.9 Å². The summed E-state index contributed by atoms with van der Waals surface area (Å²) in [7, 11) is 0. The predicted octanol–water partition coefficient (Wildman–Crippen LogP) is 3.04. The first kappa shape index (κ1) is 14.5. The normalized spacial score (nSPS) is 23.3. The number of aliphatic hydroxyl groups excluding tert-OH is 1. The van der Waals surface area contributed by atoms with Crippen LogP contribution in [0.5, 0.6) is 0 Å². The van der Waals surface area contributed by atoms with Gasteiger partial charge in [-0.05, 0) is 50.7 Å². The summed E-state index contributed by atoms with van der Waals surface area (Å²) < 4.78 is 0. The summed E-state index contributed by atoms with van der Waals surface area (Å²) in [6.07, 6.45) is 5.36. The van der Waals surface area contributed by atoms with Gasteiger partial charge in [0.1, 0.15) is 0 Å². The predicted molar refractivity (Wildman–Crippen MR) is 78.8 cm³/mol. The van der Waals surface area contributed by atoms with Crippen LogP contribution in [0.25, 0.3) is 0 Å². The third-order valence-corrected chi connectivity index (χ3v) is 4.89. The van der Waals surface area contributed by atoms with Crippen LogP contribution in [0, 0.1) is 6.92 Å². The fourth-order valence-electron chi connectivity index (χ4n) is 2.63. The minimum Gasteiger partial charge on any atom is -0.393 e. The van der Waals surface area contributed by atoms with E-state index in [4.69, 9.17) is 0 Å². The van der Waals surface area contributed by atoms with Gasteiger partial charge in [-0.2, -0.15) is 0 Å². The van der Waals surface area contributed by atoms with Crippen molar-refractivity contribution in [2.75, 3.05) is 0 Å². The molecule has 0 aromatic carbocycles. The summed E-state index contributed by atoms with van der Waals surface area (Å²) in [5.74, 6) is 0.0526. The molecule has 0 spiro atoms. The molecule has 19 heavy (non-hydrogen) atoms. The molecular weight excluding hydrogens is 258 g/mol. The Labute approximate surface area is 119 Å². The fourth-order valence-corrected chi connectivity index (χ4v) is 3.60. The van der Waals surface area contributed by atoms with Gasteiger partial charge < -0.3 is 10.4 Å². The maximum atomic E-state index is 12.2. The van der Waals surface area contributed by atoms with E-state index in [1.54, 1.807) is 11.3 Å². The highest BCUT2D eigenvalue weighted by Gasteiger charge is 2.22. The SMILES string of the molecule is CCCc1cc(C(=O)NC2CCC(O)CC2)sc1C. The van der Waals surface area contributed by atoms with E-state index in [9.17, 15) is 9.90 Å². The molecule has 1 heterocycles. The van der Waals surface area contributed by atoms with Crippen molar-refractivity contribution in [2.45, 2.75) is 64.5 Å². The molecule has 2 N–H and O–H groups in total. The number of amides is 1. The molecular formula is C15H23NO2S. The first-order valence-corrected chi connectivity index (χ1v) is 8.00. The first-order valence-electron chi connectivity index (χ1n) is 7.18. The molecule has 2 rings (SSSR count). The highest BCUT2D eigenvalue weighted by molar-refractivity contribution is 7.14. The van der Waals surface area contributed by atoms with Gasteiger partial charge in [0.05, 0.1) is 11.0 Å². The van der Waals surface area contributed by atoms with E-state index in [0.29, 0.717) is 0 Å². The number of hydrogen-bond acceptors (Lipinski definition) is 3. The van der Waals surface area contributed by atoms with E-state index in [1.165, 1.54) is 10.4 Å². The second-order valence-electron chi connectivity index (χ2n) is 5.42. The average Bonchev–Trinajstić information content (AvgIpc) is 2.75. The van der Waals surface area contributed by atoms with Crippen LogP contribution < -0.4 is 5.32 Å². The maximum Gasteiger partial charge on any atom is 0.261 e. The fraction of sp³-hybridized carbons (Fsp3) is 0.667. The summed E-state index contributed by atoms with van der Waals surface area (Å²) in [6.45, 7) is 4.24. The topological polar surface area (TPSA) is 49.3 Å². The molecule has 0 radical (unpaired) electrons. The smallest absolute Gasteiger partial charge is 0.261 e. The molecule has 1 amide bonds. The van der Waals surface area contributed by atoms with E-state index >= 15 is 0 Å². The van der Waals surface area contributed by atoms with Crippen molar-refractivity contribution in [1.29, 1.82) is 0 Å². The maximum absolute atomic E-state index is 12.2. The van der Waals surface area contributed by atoms with Gasteiger partial charge in [0.15, 0.2) is 0 Å². The van der Waals surface area contributed by atoms with Crippen LogP contribution in [0.1, 0.15) is 59.1 Å². The molecule has 1 fully saturated rings. The Kier molecular flexibility index (Phi) is 4.99. The molecule has 0 atom stereocenters. The number of rotatable bonds is 4. The van der Waals surface area contributed by atoms with E-state index in [1.807, 2.05) is 6.07 Å². The van der Waals surface area contributed by atoms with Crippen molar-refractivity contribution in [3.63, 3.8) is 0 Å². The second kappa shape index (κ2) is 6.53. The number of aliphatic hydroxyl groups is 1. The number of aryl methyl sites for hydroxylation is 2. The number of nitrogens with one attached hydrogen (secondary N) is 1. The van der Waals surface area contributed by atoms with Crippen LogP contribution in [-0.2, 0) is 6.42 Å². The van der Waals surface area contributed by atoms with Crippen LogP contribution >= 0.6 is 11.3 Å². The third kappa shape index (κ3) is 3.80. The molecule has 1 saturated carbocycles. The molecule has 4 heteroatoms. The van der Waals surface area contributed by atoms with E-state index in [0.717, 1.165) is 43.4 Å². The molecule has 1 aromatic heterocycles. The Hall–Kier alpha value is -0.870. The molecule has 3 nitrogen and oxygen atoms in total. The van der Waals surface area contributed by atoms with Gasteiger partial charge >= 0.3 is 0 Å². The van der Waals surface area contributed by atoms with Gasteiger partial charge in [0.2, 0.25) is 0 Å². The van der Waals surface area contributed by atoms with Gasteiger partial charge in [-0.1, -0.05) is 13.3 Å². The standard InChI is InChI=1S/C15H23NO2S/c1-3-4-11-9-14(19-10(11)2)15(18)16-12-5-7-13(17)8-6-12/h9,12-13,17H,3-8H2,1-2H3,(H,16,18). The van der Waals surface area contributed by atoms with Crippen LogP contribution in [0.3, 0.4) is 0 Å². The van der Waals surface area contributed by atoms with Crippen molar-refractivity contribution in [2.24, 2.45) is 0 Å². The van der Waals surface area contributed by atoms with Crippen molar-refractivity contribution in [3.05, 3.63) is 21.4 Å². The van der Waals surface area contributed by atoms with Gasteiger partial charge in [0.25, 0.3) is 5.91 Å². The van der Waals surface area contributed by atoms with E-state index < -0.39 is 0 Å². The van der Waals surface area contributed by atoms with Gasteiger partial charge in [-0.15, -0.1) is 11.3 Å². The molecule has 0 unspecified atom stereocenters. The first-order chi connectivity index (χ1) is 9.10. The minimum atomic E-state index is -0.173. The Balaban J connectivity index is 1.94. The Morgan fingerprint density at radius 2 is 2.11 bits per heavy atom. The molecule has 1 aliphatic rings. The molecule has 1 aromatic rings. The van der Waals surface area contributed by atoms with E-state index in [2.05, 4.69) is 19.2 Å². The van der Waals surface area contributed by atoms with Crippen molar-refractivity contribution in [3.8, 4) is 0 Å². The van der Waals surface area contributed by atoms with Gasteiger partial charge in [-0.25, -0.2) is 0 Å². The number of carbonyl (C=O) groups excluding carboxylic acids is 1. The lowest BCUT2D eigenvalue weighted by atomic mass is 9.93. The quantitative estimate of drug-likeness (QED) is 0.891. The summed E-state index contributed by atoms with van der Waals surface area (Å²) in [5.41, 5.74) is 1.30. The summed E-state index contributed by atoms with van der Waals surface area (Å²) >= 11 is 1.59. The molecule has 0 aliphatic heterocycles. The lowest BCUT2D eigenvalue weighted by molar-refractivity contribution is 0.0871. The molecule has 1 aliphatic carbocycles. The zero-order valence-corrected chi connectivity index (χ0v) is 12.6. The van der Waals surface area contributed by atoms with Crippen molar-refractivity contribution in [1.82, 2.24) is 5.32 Å². The Morgan fingerprint density at radius 1 is 1.42 bits per heavy atom. The number of carbonyl (C=O) groups is 1. The summed E-state index contributed by atoms with van der Waals surface area (Å²) in [4.78, 5) is 14.3. The Bertz CT molecular complexity index is 433. The van der Waals surface area contributed by atoms with Crippen LogP contribution in [0.15, 0.2) is 6.07 Å². The number of thiophene rings is 1. The Morgan fingerprint density at radius 3 is 2.74 bits per heavy atom. The highest BCUT2D eigenvalue weighted by atomic mass is 32.1. The lowest BCUT2D eigenvalue weighted by Crippen LogP contribution is -2.38. The van der Waals surface area contributed by atoms with Crippen LogP contribution in [-0.4, -0.2) is 23.2 Å². The monoisotopic (exact) mass is 281 g/mol. The summed E-state index contributed by atoms with van der Waals surface area (Å²) in [6, 6.07) is 2.27. The second-order valence-corrected chi connectivity index (χ2v) is 6.68. The zero-order chi connectivity index (χ0) is 13.8. The third-order valence-electron chi connectivity index (χ3n) is 3.80. The zero-order valence-electron chi connectivity index (χ0n) is 11.7. The number of hydrogen-bond donors (Lipinski definition) is 2. The lowest BCUT2D eigenvalue weighted by Gasteiger charge is -2.25. The minimum absolute atomic E-state index is 0.0526. The average molecular weight is 281 g/mol. The molecule has 0 bridgehead atoms. The van der Waals surface area contributed by atoms with Crippen molar-refractivity contribution >= 4 is 17.2 Å². The largest absolute Gasteiger partial charge is 0.393 e. The van der Waals surface area contributed by atoms with Crippen LogP contribution in [0.4, 0.5) is 0 Å². The van der Waals surface area contributed by atoms with Crippen LogP contribution in [0.2, 0.25) is 0 Å².